The normalized spacial score (nSPS) is 11.7. The largest absolute Gasteiger partial charge is 0.481 e. The third-order valence-electron chi connectivity index (χ3n) is 18.9. The molecule has 132 heavy (non-hydrogen) atoms. The van der Waals surface area contributed by atoms with E-state index < -0.39 is 95.6 Å². The molecule has 4 atom stereocenters. The Morgan fingerprint density at radius 3 is 0.606 bits per heavy atom. The summed E-state index contributed by atoms with van der Waals surface area (Å²) in [5.41, 5.74) is 54.6. The second kappa shape index (κ2) is 44.6. The number of nitrogens with zero attached hydrogens (tertiary/aromatic N) is 20. The molecule has 52 nitrogen and oxygen atoms in total. The average Bonchev–Trinajstić information content (AvgIpc) is 0.814. The number of anilines is 12. The average molecular weight is 1820 g/mol. The topological polar surface area (TPSA) is 842 Å². The molecular weight excluding hydrogens is 1730 g/mol. The summed E-state index contributed by atoms with van der Waals surface area (Å²) in [4.78, 5) is 211. The number of carbonyl (C=O) groups is 12. The number of hydrogen-bond acceptors (Lipinski definition) is 40. The van der Waals surface area contributed by atoms with Crippen molar-refractivity contribution >= 4 is 186 Å². The van der Waals surface area contributed by atoms with Crippen LogP contribution >= 0.6 is 0 Å². The first kappa shape index (κ1) is 97.6. The Hall–Kier alpha value is -18.2. The molecule has 12 rings (SSSR count). The molecule has 12 aromatic rings. The Bertz CT molecular complexity index is 5560. The van der Waals surface area contributed by atoms with Gasteiger partial charge in [0.25, 0.3) is 23.6 Å². The molecule has 0 fully saturated rings. The molecule has 688 valence electrons. The number of carboxylic acid groups (broad SMARTS) is 8. The second-order valence-corrected chi connectivity index (χ2v) is 28.8. The van der Waals surface area contributed by atoms with Crippen LogP contribution in [0.5, 0.6) is 0 Å². The van der Waals surface area contributed by atoms with Crippen molar-refractivity contribution in [3.63, 3.8) is 0 Å². The Morgan fingerprint density at radius 1 is 0.273 bits per heavy atom. The zero-order valence-corrected chi connectivity index (χ0v) is 70.4. The maximum Gasteiger partial charge on any atom is 0.326 e. The molecule has 28 N–H and O–H groups in total. The first-order chi connectivity index (χ1) is 62.5. The maximum atomic E-state index is 12.4. The van der Waals surface area contributed by atoms with E-state index >= 15 is 0 Å². The van der Waals surface area contributed by atoms with Crippen molar-refractivity contribution in [3.8, 4) is 0 Å². The molecule has 0 saturated heterocycles. The van der Waals surface area contributed by atoms with E-state index in [1.807, 2.05) is 47.8 Å². The Labute approximate surface area is 744 Å². The molecule has 0 aliphatic carbocycles. The number of carbonyl (C=O) groups excluding carboxylic acids is 4. The lowest BCUT2D eigenvalue weighted by molar-refractivity contribution is -0.142. The summed E-state index contributed by atoms with van der Waals surface area (Å²) in [6.07, 6.45) is 3.86. The Kier molecular flexibility index (Phi) is 33.0. The molecule has 0 aliphatic heterocycles. The van der Waals surface area contributed by atoms with Gasteiger partial charge in [0.2, 0.25) is 23.8 Å². The Balaban J connectivity index is 0.000000198. The van der Waals surface area contributed by atoms with Crippen LogP contribution in [-0.2, 0) is 64.5 Å². The van der Waals surface area contributed by atoms with Crippen molar-refractivity contribution in [1.82, 2.24) is 101 Å². The van der Waals surface area contributed by atoms with Gasteiger partial charge in [-0.1, -0.05) is 0 Å². The number of aliphatic carboxylic acids is 8. The predicted molar refractivity (Wildman–Crippen MR) is 473 cm³/mol. The van der Waals surface area contributed by atoms with Crippen LogP contribution in [0, 0.1) is 0 Å². The molecule has 0 unspecified atom stereocenters. The SMILES string of the molecule is CN(Cc1cnc2nc(N)nc(N)c2n1)c1ccc(C(=O)N[C@@H](CCC(=O)O)C(=O)O)cc1.CN(Cc1cnc2nc(N)nc(N)c2n1)c1ccc(C(=O)N[C@@H](CCC(=O)O)C(=O)O)cc1.CN(Cc1cnc2nc(N)nc(N)c2n1)c1ccc(C(=O)N[C@@H](CCC(=O)O)C(=O)O)cc1.CN(Cc1cnc2nc(N)nc(N)c2n1)c1ccc(C(=O)N[C@@H](CCC(=O)O)C(=O)O)cc1. The van der Waals surface area contributed by atoms with Crippen LogP contribution in [-0.4, -0.2) is 244 Å². The molecule has 0 saturated carbocycles. The first-order valence-electron chi connectivity index (χ1n) is 39.0. The summed E-state index contributed by atoms with van der Waals surface area (Å²) < 4.78 is 0. The van der Waals surface area contributed by atoms with Crippen LogP contribution in [0.15, 0.2) is 122 Å². The lowest BCUT2D eigenvalue weighted by Gasteiger charge is -2.19. The van der Waals surface area contributed by atoms with E-state index in [0.717, 1.165) is 22.7 Å². The maximum absolute atomic E-state index is 12.4. The minimum absolute atomic E-state index is 0.0138. The number of hydrogen-bond donors (Lipinski definition) is 20. The zero-order valence-electron chi connectivity index (χ0n) is 70.4. The summed E-state index contributed by atoms with van der Waals surface area (Å²) in [7, 11) is 7.26. The first-order valence-corrected chi connectivity index (χ1v) is 39.0. The van der Waals surface area contributed by atoms with Gasteiger partial charge < -0.3 is 128 Å². The van der Waals surface area contributed by atoms with Gasteiger partial charge in [-0.15, -0.1) is 0 Å². The fourth-order valence-corrected chi connectivity index (χ4v) is 12.1. The highest BCUT2D eigenvalue weighted by Gasteiger charge is 2.28. The number of nitrogens with two attached hydrogens (primary N) is 8. The molecular formula is C80H88N32O20. The lowest BCUT2D eigenvalue weighted by Crippen LogP contribution is -2.41. The number of amides is 4. The summed E-state index contributed by atoms with van der Waals surface area (Å²) in [5, 5.41) is 81.0. The van der Waals surface area contributed by atoms with Crippen LogP contribution in [0.25, 0.3) is 44.7 Å². The minimum Gasteiger partial charge on any atom is -0.481 e. The van der Waals surface area contributed by atoms with Gasteiger partial charge in [0, 0.05) is 98.9 Å². The minimum atomic E-state index is -1.30. The van der Waals surface area contributed by atoms with Gasteiger partial charge in [-0.2, -0.15) is 39.9 Å². The molecule has 0 spiro atoms. The van der Waals surface area contributed by atoms with Crippen molar-refractivity contribution in [2.45, 2.75) is 102 Å². The third-order valence-corrected chi connectivity index (χ3v) is 18.9. The van der Waals surface area contributed by atoms with E-state index in [2.05, 4.69) is 101 Å². The highest BCUT2D eigenvalue weighted by molar-refractivity contribution is 6.00. The van der Waals surface area contributed by atoms with E-state index in [9.17, 15) is 78.0 Å². The quantitative estimate of drug-likeness (QED) is 0.0261. The van der Waals surface area contributed by atoms with Crippen LogP contribution < -0.4 is 86.7 Å². The Morgan fingerprint density at radius 2 is 0.447 bits per heavy atom. The van der Waals surface area contributed by atoms with Gasteiger partial charge in [0.15, 0.2) is 67.9 Å². The standard InChI is InChI=1S/4C20H22N8O5/c4*1-28(9-11-8-23-17-15(24-11)16(21)26-20(22)27-17)12-4-2-10(3-5-12)18(31)25-13(19(32)33)6-7-14(29)30/h4*2-5,8,13H,6-7,9H2,1H3,(H,25,31)(H,29,30)(H,32,33)(H4,21,22,23,26,27)/t4*13-/m0000/s1. The summed E-state index contributed by atoms with van der Waals surface area (Å²) >= 11 is 0. The van der Waals surface area contributed by atoms with Crippen LogP contribution in [0.4, 0.5) is 69.8 Å². The van der Waals surface area contributed by atoms with Crippen molar-refractivity contribution in [1.29, 1.82) is 0 Å². The van der Waals surface area contributed by atoms with Gasteiger partial charge in [0.05, 0.1) is 73.7 Å². The fraction of sp³-hybridized carbons (Fsp3) is 0.250. The van der Waals surface area contributed by atoms with Gasteiger partial charge in [-0.25, -0.2) is 59.0 Å². The van der Waals surface area contributed by atoms with E-state index in [0.29, 0.717) is 93.6 Å². The van der Waals surface area contributed by atoms with Gasteiger partial charge in [0.1, 0.15) is 24.2 Å². The molecule has 4 amide bonds. The molecule has 0 bridgehead atoms. The zero-order chi connectivity index (χ0) is 96.5. The summed E-state index contributed by atoms with van der Waals surface area (Å²) in [5.74, 6) is -11.6. The number of nitrogens with one attached hydrogen (secondary N) is 4. The van der Waals surface area contributed by atoms with Crippen molar-refractivity contribution in [3.05, 3.63) is 167 Å². The lowest BCUT2D eigenvalue weighted by atomic mass is 10.1. The predicted octanol–water partition coefficient (Wildman–Crippen LogP) is 1.07. The number of rotatable bonds is 36. The molecule has 8 heterocycles. The summed E-state index contributed by atoms with van der Waals surface area (Å²) in [6, 6.07) is 20.6. The molecule has 8 aromatic heterocycles. The van der Waals surface area contributed by atoms with Gasteiger partial charge in [-0.3, -0.25) is 38.4 Å². The molecule has 0 radical (unpaired) electrons. The van der Waals surface area contributed by atoms with Gasteiger partial charge >= 0.3 is 47.8 Å². The van der Waals surface area contributed by atoms with E-state index in [1.165, 1.54) is 48.5 Å². The summed E-state index contributed by atoms with van der Waals surface area (Å²) in [6.45, 7) is 1.48. The highest BCUT2D eigenvalue weighted by Crippen LogP contribution is 2.26. The fourth-order valence-electron chi connectivity index (χ4n) is 12.1. The van der Waals surface area contributed by atoms with Crippen molar-refractivity contribution < 1.29 is 98.4 Å². The molecule has 52 heteroatoms. The smallest absolute Gasteiger partial charge is 0.326 e. The van der Waals surface area contributed by atoms with Crippen molar-refractivity contribution in [2.75, 3.05) is 93.7 Å². The van der Waals surface area contributed by atoms with Crippen LogP contribution in [0.2, 0.25) is 0 Å². The van der Waals surface area contributed by atoms with E-state index in [1.54, 1.807) is 73.3 Å². The third kappa shape index (κ3) is 27.9. The second-order valence-electron chi connectivity index (χ2n) is 28.8. The highest BCUT2D eigenvalue weighted by atomic mass is 16.4. The van der Waals surface area contributed by atoms with Crippen LogP contribution in [0.1, 0.15) is 116 Å². The number of benzene rings is 4. The van der Waals surface area contributed by atoms with Crippen LogP contribution in [0.3, 0.4) is 0 Å². The number of aromatic nitrogens is 16. The monoisotopic (exact) mass is 1820 g/mol. The molecule has 0 aliphatic rings. The molecule has 4 aromatic carbocycles. The van der Waals surface area contributed by atoms with E-state index in [4.69, 9.17) is 66.3 Å². The van der Waals surface area contributed by atoms with Gasteiger partial charge in [-0.05, 0) is 123 Å². The number of nitrogen functional groups attached to an aromatic ring is 8. The number of carboxylic acids is 8. The van der Waals surface area contributed by atoms with E-state index in [-0.39, 0.29) is 121 Å². The number of fused-ring (bicyclic) bond motifs is 4. The van der Waals surface area contributed by atoms with Crippen molar-refractivity contribution in [2.24, 2.45) is 0 Å².